The normalized spacial score (nSPS) is 12.7. The number of hydrogen-bond acceptors (Lipinski definition) is 6. The average Bonchev–Trinajstić information content (AvgIpc) is 2.66. The Bertz CT molecular complexity index is 469. The van der Waals surface area contributed by atoms with Gasteiger partial charge >= 0.3 is 0 Å². The van der Waals surface area contributed by atoms with E-state index in [1.165, 1.54) is 18.9 Å². The molecule has 1 heterocycles. The van der Waals surface area contributed by atoms with Crippen LogP contribution in [0.3, 0.4) is 0 Å². The van der Waals surface area contributed by atoms with Gasteiger partial charge in [0.05, 0.1) is 18.6 Å². The number of nitrogens with zero attached hydrogens (tertiary/aromatic N) is 2. The van der Waals surface area contributed by atoms with Crippen LogP contribution < -0.4 is 9.47 Å². The Kier molecular flexibility index (Phi) is 11.7. The molecule has 0 aromatic carbocycles. The van der Waals surface area contributed by atoms with Crippen LogP contribution in [-0.4, -0.2) is 35.4 Å². The molecule has 26 heavy (non-hydrogen) atoms. The van der Waals surface area contributed by atoms with Gasteiger partial charge in [0, 0.05) is 0 Å². The molecule has 2 atom stereocenters. The molecule has 6 nitrogen and oxygen atoms in total. The molecule has 1 rings (SSSR count). The Morgan fingerprint density at radius 3 is 1.73 bits per heavy atom. The Labute approximate surface area is 157 Å². The lowest BCUT2D eigenvalue weighted by atomic mass is 10.2. The molecule has 0 saturated heterocycles. The molecule has 0 aliphatic carbocycles. The second kappa shape index (κ2) is 14.0. The first-order valence-electron chi connectivity index (χ1n) is 9.33. The van der Waals surface area contributed by atoms with Gasteiger partial charge in [0.25, 0.3) is 0 Å². The molecule has 0 spiro atoms. The Morgan fingerprint density at radius 2 is 1.35 bits per heavy atom. The van der Waals surface area contributed by atoms with Gasteiger partial charge in [0.2, 0.25) is 11.8 Å². The molecule has 0 radical (unpaired) electrons. The van der Waals surface area contributed by atoms with Gasteiger partial charge in [-0.25, -0.2) is 9.97 Å². The van der Waals surface area contributed by atoms with E-state index in [-0.39, 0.29) is 12.2 Å². The van der Waals surface area contributed by atoms with E-state index in [9.17, 15) is 0 Å². The molecule has 0 bridgehead atoms. The van der Waals surface area contributed by atoms with Crippen molar-refractivity contribution in [3.63, 3.8) is 0 Å². The van der Waals surface area contributed by atoms with Gasteiger partial charge in [0.15, 0.2) is 0 Å². The monoisotopic (exact) mass is 364 g/mol. The van der Waals surface area contributed by atoms with Crippen molar-refractivity contribution in [2.75, 3.05) is 13.2 Å². The second-order valence-corrected chi connectivity index (χ2v) is 5.95. The highest BCUT2D eigenvalue weighted by Crippen LogP contribution is 2.16. The maximum atomic E-state index is 5.73. The fraction of sp³-hybridized carbons (Fsp3) is 0.600. The topological polar surface area (TPSA) is 62.7 Å². The predicted molar refractivity (Wildman–Crippen MR) is 102 cm³/mol. The van der Waals surface area contributed by atoms with Crippen LogP contribution >= 0.6 is 0 Å². The summed E-state index contributed by atoms with van der Waals surface area (Å²) in [6, 6.07) is 1.68. The van der Waals surface area contributed by atoms with Crippen LogP contribution in [0, 0.1) is 0 Å². The van der Waals surface area contributed by atoms with Gasteiger partial charge in [-0.1, -0.05) is 39.8 Å². The largest absolute Gasteiger partial charge is 0.495 e. The van der Waals surface area contributed by atoms with E-state index >= 15 is 0 Å². The lowest BCUT2D eigenvalue weighted by Gasteiger charge is -2.18. The van der Waals surface area contributed by atoms with Crippen molar-refractivity contribution >= 4 is 0 Å². The highest BCUT2D eigenvalue weighted by molar-refractivity contribution is 5.18. The molecule has 6 heteroatoms. The number of aromatic nitrogens is 2. The Balaban J connectivity index is 2.52. The summed E-state index contributed by atoms with van der Waals surface area (Å²) in [6.07, 6.45) is 10.4. The predicted octanol–water partition coefficient (Wildman–Crippen LogP) is 4.67. The third-order valence-electron chi connectivity index (χ3n) is 3.79. The van der Waals surface area contributed by atoms with E-state index in [0.29, 0.717) is 25.0 Å². The smallest absolute Gasteiger partial charge is 0.220 e. The molecule has 146 valence electrons. The minimum Gasteiger partial charge on any atom is -0.495 e. The standard InChI is InChI=1S/C20H32N2O4/c1-5-9-11-17(23-7-3)14-25-19-13-20(22-16-21-19)26-15-18(24-8-4)12-10-6-2/h7-8,13,16-18H,3-6,9-12,14-15H2,1-2H3. The van der Waals surface area contributed by atoms with Crippen LogP contribution in [0.4, 0.5) is 0 Å². The summed E-state index contributed by atoms with van der Waals surface area (Å²) < 4.78 is 22.4. The zero-order valence-corrected chi connectivity index (χ0v) is 16.1. The quantitative estimate of drug-likeness (QED) is 0.397. The molecule has 0 aliphatic heterocycles. The number of ether oxygens (including phenoxy) is 4. The van der Waals surface area contributed by atoms with E-state index in [1.54, 1.807) is 6.07 Å². The van der Waals surface area contributed by atoms with Crippen LogP contribution in [0.5, 0.6) is 11.8 Å². The number of hydrogen-bond donors (Lipinski definition) is 0. The maximum Gasteiger partial charge on any atom is 0.220 e. The summed E-state index contributed by atoms with van der Waals surface area (Å²) in [5, 5.41) is 0. The van der Waals surface area contributed by atoms with Gasteiger partial charge in [-0.15, -0.1) is 0 Å². The fourth-order valence-corrected chi connectivity index (χ4v) is 2.35. The van der Waals surface area contributed by atoms with Gasteiger partial charge in [0.1, 0.15) is 31.7 Å². The van der Waals surface area contributed by atoms with Crippen molar-refractivity contribution in [1.29, 1.82) is 0 Å². The molecular formula is C20H32N2O4. The summed E-state index contributed by atoms with van der Waals surface area (Å²) >= 11 is 0. The van der Waals surface area contributed by atoms with Crippen LogP contribution in [0.2, 0.25) is 0 Å². The van der Waals surface area contributed by atoms with Gasteiger partial charge in [-0.2, -0.15) is 0 Å². The third-order valence-corrected chi connectivity index (χ3v) is 3.79. The number of rotatable bonds is 16. The molecule has 1 aromatic heterocycles. The van der Waals surface area contributed by atoms with E-state index in [4.69, 9.17) is 18.9 Å². The Hall–Kier alpha value is -2.24. The lowest BCUT2D eigenvalue weighted by molar-refractivity contribution is 0.0745. The molecule has 0 fully saturated rings. The summed E-state index contributed by atoms with van der Waals surface area (Å²) in [5.74, 6) is 0.915. The van der Waals surface area contributed by atoms with E-state index in [2.05, 4.69) is 37.0 Å². The van der Waals surface area contributed by atoms with Gasteiger partial charge in [-0.3, -0.25) is 0 Å². The molecule has 1 aromatic rings. The van der Waals surface area contributed by atoms with Crippen molar-refractivity contribution in [2.45, 2.75) is 64.6 Å². The lowest BCUT2D eigenvalue weighted by Crippen LogP contribution is -2.21. The SMILES string of the molecule is C=COC(CCCC)COc1cc(OCC(CCCC)OC=C)ncn1. The average molecular weight is 364 g/mol. The van der Waals surface area contributed by atoms with Crippen molar-refractivity contribution < 1.29 is 18.9 Å². The fourth-order valence-electron chi connectivity index (χ4n) is 2.35. The molecule has 0 amide bonds. The van der Waals surface area contributed by atoms with E-state index < -0.39 is 0 Å². The van der Waals surface area contributed by atoms with Crippen LogP contribution in [0.25, 0.3) is 0 Å². The zero-order chi connectivity index (χ0) is 19.0. The highest BCUT2D eigenvalue weighted by atomic mass is 16.5. The van der Waals surface area contributed by atoms with Crippen molar-refractivity contribution in [3.05, 3.63) is 38.1 Å². The van der Waals surface area contributed by atoms with Crippen LogP contribution in [0.1, 0.15) is 52.4 Å². The van der Waals surface area contributed by atoms with Crippen LogP contribution in [-0.2, 0) is 9.47 Å². The summed E-state index contributed by atoms with van der Waals surface area (Å²) in [6.45, 7) is 12.3. The first-order valence-corrected chi connectivity index (χ1v) is 9.33. The van der Waals surface area contributed by atoms with Crippen molar-refractivity contribution in [2.24, 2.45) is 0 Å². The Morgan fingerprint density at radius 1 is 0.885 bits per heavy atom. The first-order chi connectivity index (χ1) is 12.7. The van der Waals surface area contributed by atoms with E-state index in [1.807, 2.05) is 0 Å². The van der Waals surface area contributed by atoms with Gasteiger partial charge < -0.3 is 18.9 Å². The minimum absolute atomic E-state index is 0.0359. The van der Waals surface area contributed by atoms with Gasteiger partial charge in [-0.05, 0) is 25.7 Å². The molecular weight excluding hydrogens is 332 g/mol. The third kappa shape index (κ3) is 9.30. The molecule has 2 unspecified atom stereocenters. The number of unbranched alkanes of at least 4 members (excludes halogenated alkanes) is 2. The van der Waals surface area contributed by atoms with Crippen molar-refractivity contribution in [1.82, 2.24) is 9.97 Å². The molecule has 0 N–H and O–H groups in total. The summed E-state index contributed by atoms with van der Waals surface area (Å²) in [7, 11) is 0. The maximum absolute atomic E-state index is 5.73. The summed E-state index contributed by atoms with van der Waals surface area (Å²) in [5.41, 5.74) is 0. The minimum atomic E-state index is -0.0359. The molecule has 0 saturated carbocycles. The van der Waals surface area contributed by atoms with E-state index in [0.717, 1.165) is 38.5 Å². The molecule has 0 aliphatic rings. The first kappa shape index (κ1) is 21.8. The van der Waals surface area contributed by atoms with Crippen molar-refractivity contribution in [3.8, 4) is 11.8 Å². The van der Waals surface area contributed by atoms with Crippen LogP contribution in [0.15, 0.2) is 38.1 Å². The highest BCUT2D eigenvalue weighted by Gasteiger charge is 2.12. The summed E-state index contributed by atoms with van der Waals surface area (Å²) in [4.78, 5) is 8.25. The zero-order valence-electron chi connectivity index (χ0n) is 16.1. The second-order valence-electron chi connectivity index (χ2n) is 5.95.